The van der Waals surface area contributed by atoms with E-state index >= 15 is 0 Å². The largest absolute Gasteiger partial charge is 0.411 e. The first kappa shape index (κ1) is 17.2. The van der Waals surface area contributed by atoms with E-state index in [-0.39, 0.29) is 22.8 Å². The van der Waals surface area contributed by atoms with Crippen LogP contribution in [0.5, 0.6) is 0 Å². The number of carbonyl (C=O) groups is 1. The minimum atomic E-state index is -0.415. The average Bonchev–Trinajstić information content (AvgIpc) is 3.04. The molecule has 1 atom stereocenters. The SMILES string of the molecule is Cc1cccc(NC(=O)[C@H](C)Sc2nnc(-c3ccc(F)cc3)o2)c1. The first-order chi connectivity index (χ1) is 12.0. The van der Waals surface area contributed by atoms with Gasteiger partial charge in [0.25, 0.3) is 5.22 Å². The molecule has 0 radical (unpaired) electrons. The zero-order valence-corrected chi connectivity index (χ0v) is 14.5. The number of aryl methyl sites for hydroxylation is 1. The predicted molar refractivity (Wildman–Crippen MR) is 94.8 cm³/mol. The number of carbonyl (C=O) groups excluding carboxylic acids is 1. The van der Waals surface area contributed by atoms with Gasteiger partial charge in [-0.1, -0.05) is 23.9 Å². The van der Waals surface area contributed by atoms with Gasteiger partial charge in [-0.3, -0.25) is 4.79 Å². The highest BCUT2D eigenvalue weighted by molar-refractivity contribution is 8.00. The van der Waals surface area contributed by atoms with Crippen molar-refractivity contribution >= 4 is 23.4 Å². The average molecular weight is 357 g/mol. The number of thioether (sulfide) groups is 1. The molecule has 1 N–H and O–H groups in total. The summed E-state index contributed by atoms with van der Waals surface area (Å²) in [4.78, 5) is 12.3. The van der Waals surface area contributed by atoms with Crippen LogP contribution in [0.4, 0.5) is 10.1 Å². The molecule has 25 heavy (non-hydrogen) atoms. The van der Waals surface area contributed by atoms with Gasteiger partial charge < -0.3 is 9.73 Å². The second kappa shape index (κ2) is 7.48. The van der Waals surface area contributed by atoms with Gasteiger partial charge in [-0.15, -0.1) is 10.2 Å². The Kier molecular flexibility index (Phi) is 5.14. The highest BCUT2D eigenvalue weighted by Gasteiger charge is 2.19. The molecule has 128 valence electrons. The summed E-state index contributed by atoms with van der Waals surface area (Å²) in [7, 11) is 0. The first-order valence-corrected chi connectivity index (χ1v) is 8.53. The van der Waals surface area contributed by atoms with Crippen LogP contribution in [0.2, 0.25) is 0 Å². The predicted octanol–water partition coefficient (Wildman–Crippen LogP) is 4.30. The van der Waals surface area contributed by atoms with Crippen molar-refractivity contribution in [2.45, 2.75) is 24.3 Å². The third kappa shape index (κ3) is 4.45. The lowest BCUT2D eigenvalue weighted by molar-refractivity contribution is -0.115. The van der Waals surface area contributed by atoms with Crippen molar-refractivity contribution in [2.75, 3.05) is 5.32 Å². The van der Waals surface area contributed by atoms with E-state index in [2.05, 4.69) is 15.5 Å². The molecule has 5 nitrogen and oxygen atoms in total. The van der Waals surface area contributed by atoms with Crippen LogP contribution in [0.15, 0.2) is 58.2 Å². The van der Waals surface area contributed by atoms with Crippen LogP contribution >= 0.6 is 11.8 Å². The van der Waals surface area contributed by atoms with E-state index in [1.54, 1.807) is 19.1 Å². The molecule has 2 aromatic carbocycles. The molecule has 0 saturated carbocycles. The Hall–Kier alpha value is -2.67. The van der Waals surface area contributed by atoms with Crippen molar-refractivity contribution in [3.8, 4) is 11.5 Å². The van der Waals surface area contributed by atoms with Gasteiger partial charge in [0.15, 0.2) is 0 Å². The number of hydrogen-bond donors (Lipinski definition) is 1. The molecule has 1 aromatic heterocycles. The van der Waals surface area contributed by atoms with E-state index in [4.69, 9.17) is 4.42 Å². The Morgan fingerprint density at radius 2 is 1.96 bits per heavy atom. The molecule has 0 aliphatic rings. The fourth-order valence-electron chi connectivity index (χ4n) is 2.14. The number of rotatable bonds is 5. The van der Waals surface area contributed by atoms with Gasteiger partial charge in [-0.05, 0) is 55.8 Å². The summed E-state index contributed by atoms with van der Waals surface area (Å²) < 4.78 is 18.5. The van der Waals surface area contributed by atoms with E-state index in [0.717, 1.165) is 11.3 Å². The topological polar surface area (TPSA) is 68.0 Å². The summed E-state index contributed by atoms with van der Waals surface area (Å²) in [6.07, 6.45) is 0. The van der Waals surface area contributed by atoms with Gasteiger partial charge in [0.1, 0.15) is 5.82 Å². The molecule has 0 spiro atoms. The Labute approximate surface area is 148 Å². The second-order valence-electron chi connectivity index (χ2n) is 5.50. The quantitative estimate of drug-likeness (QED) is 0.690. The van der Waals surface area contributed by atoms with Crippen molar-refractivity contribution in [3.05, 3.63) is 59.9 Å². The molecule has 0 unspecified atom stereocenters. The lowest BCUT2D eigenvalue weighted by Gasteiger charge is -2.10. The molecule has 0 aliphatic carbocycles. The van der Waals surface area contributed by atoms with Crippen LogP contribution < -0.4 is 5.32 Å². The maximum atomic E-state index is 13.0. The van der Waals surface area contributed by atoms with Crippen molar-refractivity contribution in [1.29, 1.82) is 0 Å². The number of benzene rings is 2. The van der Waals surface area contributed by atoms with Gasteiger partial charge in [-0.2, -0.15) is 0 Å². The minimum Gasteiger partial charge on any atom is -0.411 e. The number of nitrogens with one attached hydrogen (secondary N) is 1. The Bertz CT molecular complexity index is 880. The minimum absolute atomic E-state index is 0.155. The number of amides is 1. The molecule has 0 bridgehead atoms. The van der Waals surface area contributed by atoms with Crippen LogP contribution in [0.3, 0.4) is 0 Å². The molecule has 0 saturated heterocycles. The van der Waals surface area contributed by atoms with Gasteiger partial charge in [0, 0.05) is 11.3 Å². The van der Waals surface area contributed by atoms with Crippen LogP contribution in [0.1, 0.15) is 12.5 Å². The van der Waals surface area contributed by atoms with Gasteiger partial charge in [-0.25, -0.2) is 4.39 Å². The summed E-state index contributed by atoms with van der Waals surface area (Å²) in [5.41, 5.74) is 2.44. The summed E-state index contributed by atoms with van der Waals surface area (Å²) >= 11 is 1.17. The van der Waals surface area contributed by atoms with E-state index < -0.39 is 5.25 Å². The fourth-order valence-corrected chi connectivity index (χ4v) is 2.82. The normalized spacial score (nSPS) is 12.0. The van der Waals surface area contributed by atoms with Crippen molar-refractivity contribution < 1.29 is 13.6 Å². The fraction of sp³-hybridized carbons (Fsp3) is 0.167. The smallest absolute Gasteiger partial charge is 0.277 e. The number of anilines is 1. The summed E-state index contributed by atoms with van der Waals surface area (Å²) in [5.74, 6) is -0.203. The monoisotopic (exact) mass is 357 g/mol. The number of hydrogen-bond acceptors (Lipinski definition) is 5. The Morgan fingerprint density at radius 3 is 2.68 bits per heavy atom. The summed E-state index contributed by atoms with van der Waals surface area (Å²) in [6.45, 7) is 3.72. The molecule has 0 fully saturated rings. The third-order valence-corrected chi connectivity index (χ3v) is 4.36. The summed E-state index contributed by atoms with van der Waals surface area (Å²) in [5, 5.41) is 10.6. The van der Waals surface area contributed by atoms with Crippen molar-refractivity contribution in [1.82, 2.24) is 10.2 Å². The van der Waals surface area contributed by atoms with E-state index in [1.807, 2.05) is 31.2 Å². The highest BCUT2D eigenvalue weighted by Crippen LogP contribution is 2.27. The summed E-state index contributed by atoms with van der Waals surface area (Å²) in [6, 6.07) is 13.3. The third-order valence-electron chi connectivity index (χ3n) is 3.43. The van der Waals surface area contributed by atoms with E-state index in [1.165, 1.54) is 23.9 Å². The van der Waals surface area contributed by atoms with Gasteiger partial charge in [0.05, 0.1) is 5.25 Å². The Balaban J connectivity index is 1.63. The molecule has 1 heterocycles. The highest BCUT2D eigenvalue weighted by atomic mass is 32.2. The number of aromatic nitrogens is 2. The van der Waals surface area contributed by atoms with Crippen LogP contribution in [0, 0.1) is 12.7 Å². The van der Waals surface area contributed by atoms with Crippen LogP contribution in [0.25, 0.3) is 11.5 Å². The molecule has 0 aliphatic heterocycles. The van der Waals surface area contributed by atoms with Crippen molar-refractivity contribution in [3.63, 3.8) is 0 Å². The Morgan fingerprint density at radius 1 is 1.20 bits per heavy atom. The molecule has 1 amide bonds. The lowest BCUT2D eigenvalue weighted by atomic mass is 10.2. The molecule has 7 heteroatoms. The first-order valence-electron chi connectivity index (χ1n) is 7.65. The second-order valence-corrected chi connectivity index (χ2v) is 6.79. The van der Waals surface area contributed by atoms with Gasteiger partial charge in [0.2, 0.25) is 11.8 Å². The van der Waals surface area contributed by atoms with Gasteiger partial charge >= 0.3 is 0 Å². The van der Waals surface area contributed by atoms with Crippen LogP contribution in [-0.4, -0.2) is 21.4 Å². The molecular formula is C18H16FN3O2S. The van der Waals surface area contributed by atoms with Crippen LogP contribution in [-0.2, 0) is 4.79 Å². The number of halogens is 1. The zero-order chi connectivity index (χ0) is 17.8. The molecule has 3 rings (SSSR count). The maximum absolute atomic E-state index is 13.0. The zero-order valence-electron chi connectivity index (χ0n) is 13.7. The lowest BCUT2D eigenvalue weighted by Crippen LogP contribution is -2.22. The van der Waals surface area contributed by atoms with E-state index in [0.29, 0.717) is 5.56 Å². The standard InChI is InChI=1S/C18H16FN3O2S/c1-11-4-3-5-15(10-11)20-16(23)12(2)25-18-22-21-17(24-18)13-6-8-14(19)9-7-13/h3-10,12H,1-2H3,(H,20,23)/t12-/m0/s1. The molecular weight excluding hydrogens is 341 g/mol. The maximum Gasteiger partial charge on any atom is 0.277 e. The van der Waals surface area contributed by atoms with Crippen molar-refractivity contribution in [2.24, 2.45) is 0 Å². The number of nitrogens with zero attached hydrogens (tertiary/aromatic N) is 2. The molecule has 3 aromatic rings. The van der Waals surface area contributed by atoms with E-state index in [9.17, 15) is 9.18 Å².